The van der Waals surface area contributed by atoms with Crippen LogP contribution in [0.25, 0.3) is 0 Å². The lowest BCUT2D eigenvalue weighted by Gasteiger charge is -2.38. The average molecular weight is 323 g/mol. The van der Waals surface area contributed by atoms with Crippen LogP contribution < -0.4 is 4.90 Å². The van der Waals surface area contributed by atoms with Crippen LogP contribution in [0.5, 0.6) is 0 Å². The van der Waals surface area contributed by atoms with Crippen molar-refractivity contribution >= 4 is 11.7 Å². The van der Waals surface area contributed by atoms with E-state index < -0.39 is 11.9 Å². The maximum atomic E-state index is 13.5. The summed E-state index contributed by atoms with van der Waals surface area (Å²) in [6, 6.07) is 4.85. The SMILES string of the molecule is CC(C)C1Cc2cc(F)ccc2N(CCC(CCO)C(=O)O)C1. The molecule has 1 aromatic carbocycles. The van der Waals surface area contributed by atoms with E-state index in [1.54, 1.807) is 12.1 Å². The van der Waals surface area contributed by atoms with Crippen LogP contribution in [-0.2, 0) is 11.2 Å². The first-order valence-corrected chi connectivity index (χ1v) is 8.29. The number of aliphatic carboxylic acids is 1. The summed E-state index contributed by atoms with van der Waals surface area (Å²) < 4.78 is 13.5. The fourth-order valence-electron chi connectivity index (χ4n) is 3.27. The highest BCUT2D eigenvalue weighted by Gasteiger charge is 2.28. The van der Waals surface area contributed by atoms with Crippen molar-refractivity contribution in [2.24, 2.45) is 17.8 Å². The van der Waals surface area contributed by atoms with Crippen molar-refractivity contribution in [3.8, 4) is 0 Å². The van der Waals surface area contributed by atoms with E-state index in [0.717, 1.165) is 24.2 Å². The molecule has 2 atom stereocenters. The van der Waals surface area contributed by atoms with Gasteiger partial charge in [-0.1, -0.05) is 13.8 Å². The van der Waals surface area contributed by atoms with Crippen LogP contribution in [0.3, 0.4) is 0 Å². The van der Waals surface area contributed by atoms with Gasteiger partial charge in [-0.25, -0.2) is 4.39 Å². The van der Waals surface area contributed by atoms with Crippen LogP contribution in [0.1, 0.15) is 32.3 Å². The molecule has 2 N–H and O–H groups in total. The lowest BCUT2D eigenvalue weighted by molar-refractivity contribution is -0.142. The Bertz CT molecular complexity index is 547. The van der Waals surface area contributed by atoms with Gasteiger partial charge < -0.3 is 15.1 Å². The number of hydrogen-bond donors (Lipinski definition) is 2. The van der Waals surface area contributed by atoms with Gasteiger partial charge >= 0.3 is 5.97 Å². The predicted molar refractivity (Wildman–Crippen MR) is 88.1 cm³/mol. The van der Waals surface area contributed by atoms with Crippen LogP contribution in [-0.4, -0.2) is 35.9 Å². The summed E-state index contributed by atoms with van der Waals surface area (Å²) in [6.07, 6.45) is 1.62. The fraction of sp³-hybridized carbons (Fsp3) is 0.611. The molecule has 2 rings (SSSR count). The molecule has 0 aromatic heterocycles. The number of anilines is 1. The van der Waals surface area contributed by atoms with E-state index in [2.05, 4.69) is 18.7 Å². The zero-order chi connectivity index (χ0) is 17.0. The zero-order valence-corrected chi connectivity index (χ0v) is 13.8. The van der Waals surface area contributed by atoms with Crippen molar-refractivity contribution in [2.75, 3.05) is 24.6 Å². The van der Waals surface area contributed by atoms with E-state index in [9.17, 15) is 14.3 Å². The Morgan fingerprint density at radius 2 is 2.13 bits per heavy atom. The minimum Gasteiger partial charge on any atom is -0.481 e. The summed E-state index contributed by atoms with van der Waals surface area (Å²) >= 11 is 0. The first-order valence-electron chi connectivity index (χ1n) is 8.29. The molecule has 0 bridgehead atoms. The normalized spacial score (nSPS) is 18.8. The molecule has 0 aliphatic carbocycles. The molecule has 0 fully saturated rings. The molecule has 128 valence electrons. The summed E-state index contributed by atoms with van der Waals surface area (Å²) in [7, 11) is 0. The highest BCUT2D eigenvalue weighted by Crippen LogP contribution is 2.33. The summed E-state index contributed by atoms with van der Waals surface area (Å²) in [5.74, 6) is -0.706. The first-order chi connectivity index (χ1) is 10.9. The van der Waals surface area contributed by atoms with Gasteiger partial charge in [0.15, 0.2) is 0 Å². The third-order valence-electron chi connectivity index (χ3n) is 4.84. The molecule has 23 heavy (non-hydrogen) atoms. The van der Waals surface area contributed by atoms with Crippen LogP contribution in [0, 0.1) is 23.6 Å². The highest BCUT2D eigenvalue weighted by atomic mass is 19.1. The molecule has 5 heteroatoms. The van der Waals surface area contributed by atoms with E-state index in [4.69, 9.17) is 5.11 Å². The van der Waals surface area contributed by atoms with Gasteiger partial charge in [0.2, 0.25) is 0 Å². The van der Waals surface area contributed by atoms with E-state index in [-0.39, 0.29) is 18.8 Å². The number of aliphatic hydroxyl groups is 1. The number of carbonyl (C=O) groups is 1. The monoisotopic (exact) mass is 323 g/mol. The Labute approximate surface area is 136 Å². The Hall–Kier alpha value is -1.62. The largest absolute Gasteiger partial charge is 0.481 e. The summed E-state index contributed by atoms with van der Waals surface area (Å²) in [4.78, 5) is 13.4. The number of carboxylic acid groups (broad SMARTS) is 1. The van der Waals surface area contributed by atoms with Crippen LogP contribution in [0.2, 0.25) is 0 Å². The molecular weight excluding hydrogens is 297 g/mol. The number of hydrogen-bond acceptors (Lipinski definition) is 3. The molecule has 0 saturated heterocycles. The van der Waals surface area contributed by atoms with E-state index in [1.165, 1.54) is 6.07 Å². The number of fused-ring (bicyclic) bond motifs is 1. The van der Waals surface area contributed by atoms with Crippen molar-refractivity contribution in [1.29, 1.82) is 0 Å². The molecule has 1 heterocycles. The van der Waals surface area contributed by atoms with Crippen LogP contribution in [0.15, 0.2) is 18.2 Å². The van der Waals surface area contributed by atoms with Gasteiger partial charge in [-0.3, -0.25) is 4.79 Å². The lowest BCUT2D eigenvalue weighted by Crippen LogP contribution is -2.39. The molecule has 0 radical (unpaired) electrons. The second-order valence-electron chi connectivity index (χ2n) is 6.76. The van der Waals surface area contributed by atoms with Crippen molar-refractivity contribution in [3.63, 3.8) is 0 Å². The number of carboxylic acids is 1. The number of nitrogens with zero attached hydrogens (tertiary/aromatic N) is 1. The van der Waals surface area contributed by atoms with Gasteiger partial charge in [0.25, 0.3) is 0 Å². The van der Waals surface area contributed by atoms with Gasteiger partial charge in [0, 0.05) is 25.4 Å². The molecule has 1 aliphatic rings. The minimum absolute atomic E-state index is 0.118. The Kier molecular flexibility index (Phi) is 5.99. The van der Waals surface area contributed by atoms with Gasteiger partial charge in [-0.05, 0) is 54.9 Å². The van der Waals surface area contributed by atoms with Crippen molar-refractivity contribution in [2.45, 2.75) is 33.1 Å². The maximum absolute atomic E-state index is 13.5. The van der Waals surface area contributed by atoms with Crippen LogP contribution in [0.4, 0.5) is 10.1 Å². The third-order valence-corrected chi connectivity index (χ3v) is 4.84. The minimum atomic E-state index is -0.865. The van der Waals surface area contributed by atoms with Gasteiger partial charge in [0.05, 0.1) is 5.92 Å². The Morgan fingerprint density at radius 1 is 1.39 bits per heavy atom. The average Bonchev–Trinajstić information content (AvgIpc) is 2.49. The second kappa shape index (κ2) is 7.77. The van der Waals surface area contributed by atoms with Gasteiger partial charge in [0.1, 0.15) is 5.82 Å². The second-order valence-corrected chi connectivity index (χ2v) is 6.76. The summed E-state index contributed by atoms with van der Waals surface area (Å²) in [6.45, 7) is 5.69. The summed E-state index contributed by atoms with van der Waals surface area (Å²) in [5, 5.41) is 18.2. The van der Waals surface area contributed by atoms with Gasteiger partial charge in [-0.15, -0.1) is 0 Å². The quantitative estimate of drug-likeness (QED) is 0.810. The molecule has 0 amide bonds. The predicted octanol–water partition coefficient (Wildman–Crippen LogP) is 2.93. The first kappa shape index (κ1) is 17.7. The molecule has 1 aliphatic heterocycles. The van der Waals surface area contributed by atoms with E-state index in [0.29, 0.717) is 24.8 Å². The van der Waals surface area contributed by atoms with E-state index >= 15 is 0 Å². The summed E-state index contributed by atoms with van der Waals surface area (Å²) in [5.41, 5.74) is 2.01. The van der Waals surface area contributed by atoms with E-state index in [1.807, 2.05) is 0 Å². The Morgan fingerprint density at radius 3 is 2.74 bits per heavy atom. The lowest BCUT2D eigenvalue weighted by atomic mass is 9.84. The van der Waals surface area contributed by atoms with Crippen LogP contribution >= 0.6 is 0 Å². The number of rotatable bonds is 7. The zero-order valence-electron chi connectivity index (χ0n) is 13.8. The van der Waals surface area contributed by atoms with Gasteiger partial charge in [-0.2, -0.15) is 0 Å². The molecule has 0 saturated carbocycles. The molecule has 2 unspecified atom stereocenters. The number of halogens is 1. The Balaban J connectivity index is 2.15. The molecular formula is C18H26FNO3. The number of aliphatic hydroxyl groups excluding tert-OH is 1. The highest BCUT2D eigenvalue weighted by molar-refractivity contribution is 5.70. The maximum Gasteiger partial charge on any atom is 0.306 e. The molecule has 0 spiro atoms. The molecule has 4 nitrogen and oxygen atoms in total. The van der Waals surface area contributed by atoms with Crippen molar-refractivity contribution in [1.82, 2.24) is 0 Å². The number of benzene rings is 1. The fourth-order valence-corrected chi connectivity index (χ4v) is 3.27. The third kappa shape index (κ3) is 4.44. The smallest absolute Gasteiger partial charge is 0.306 e. The topological polar surface area (TPSA) is 60.8 Å². The molecule has 1 aromatic rings. The standard InChI is InChI=1S/C18H26FNO3/c1-12(2)15-9-14-10-16(19)3-4-17(14)20(11-15)7-5-13(6-8-21)18(22)23/h3-4,10,12-13,15,21H,5-9,11H2,1-2H3,(H,22,23). The van der Waals surface area contributed by atoms with Crippen molar-refractivity contribution < 1.29 is 19.4 Å². The van der Waals surface area contributed by atoms with Crippen molar-refractivity contribution in [3.05, 3.63) is 29.6 Å².